The molecule has 182 valence electrons. The van der Waals surface area contributed by atoms with E-state index in [0.717, 1.165) is 22.2 Å². The largest absolute Gasteiger partial charge is 0.345 e. The number of imidazole rings is 1. The first-order chi connectivity index (χ1) is 16.6. The number of amides is 1. The lowest BCUT2D eigenvalue weighted by atomic mass is 10.0. The number of carbonyl (C=O) groups is 1. The van der Waals surface area contributed by atoms with E-state index in [1.807, 2.05) is 45.4 Å². The maximum atomic E-state index is 14.3. The van der Waals surface area contributed by atoms with Crippen molar-refractivity contribution in [1.29, 1.82) is 0 Å². The van der Waals surface area contributed by atoms with Crippen LogP contribution < -0.4 is 5.56 Å². The van der Waals surface area contributed by atoms with Crippen molar-refractivity contribution < 1.29 is 9.18 Å². The second-order valence-corrected chi connectivity index (χ2v) is 9.96. The highest BCUT2D eigenvalue weighted by molar-refractivity contribution is 6.31. The molecule has 3 aromatic heterocycles. The molecule has 2 atom stereocenters. The van der Waals surface area contributed by atoms with Crippen LogP contribution in [0.5, 0.6) is 0 Å². The number of benzene rings is 1. The Morgan fingerprint density at radius 3 is 2.54 bits per heavy atom. The Balaban J connectivity index is 1.58. The van der Waals surface area contributed by atoms with E-state index in [2.05, 4.69) is 4.98 Å². The number of nitrogens with zero attached hydrogens (tertiary/aromatic N) is 5. The van der Waals surface area contributed by atoms with E-state index in [9.17, 15) is 14.0 Å². The molecule has 5 rings (SSSR count). The van der Waals surface area contributed by atoms with Gasteiger partial charge < -0.3 is 18.6 Å². The molecular formula is C26H27ClFN5O2. The maximum absolute atomic E-state index is 14.3. The van der Waals surface area contributed by atoms with E-state index in [1.165, 1.54) is 6.07 Å². The smallest absolute Gasteiger partial charge is 0.275 e. The summed E-state index contributed by atoms with van der Waals surface area (Å²) in [5, 5.41) is 0.857. The Labute approximate surface area is 207 Å². The number of halogens is 2. The lowest BCUT2D eigenvalue weighted by molar-refractivity contribution is 0.0512. The molecule has 9 heteroatoms. The van der Waals surface area contributed by atoms with Crippen LogP contribution in [-0.2, 0) is 6.54 Å². The molecule has 0 saturated heterocycles. The number of hydrogen-bond donors (Lipinski definition) is 0. The van der Waals surface area contributed by atoms with Crippen molar-refractivity contribution in [1.82, 2.24) is 23.6 Å². The summed E-state index contributed by atoms with van der Waals surface area (Å²) in [6.07, 6.45) is 5.35. The number of fused-ring (bicyclic) bond motifs is 2. The fourth-order valence-corrected chi connectivity index (χ4v) is 5.27. The van der Waals surface area contributed by atoms with Crippen LogP contribution in [0.25, 0.3) is 16.6 Å². The normalized spacial score (nSPS) is 16.9. The summed E-state index contributed by atoms with van der Waals surface area (Å²) in [4.78, 5) is 33.0. The predicted octanol–water partition coefficient (Wildman–Crippen LogP) is 5.28. The maximum Gasteiger partial charge on any atom is 0.275 e. The zero-order valence-electron chi connectivity index (χ0n) is 20.3. The average molecular weight is 496 g/mol. The van der Waals surface area contributed by atoms with Crippen molar-refractivity contribution in [3.05, 3.63) is 81.1 Å². The van der Waals surface area contributed by atoms with Gasteiger partial charge in [-0.1, -0.05) is 11.6 Å². The first kappa shape index (κ1) is 23.4. The fraction of sp³-hybridized carbons (Fsp3) is 0.346. The number of rotatable bonds is 4. The topological polar surface area (TPSA) is 65.1 Å². The van der Waals surface area contributed by atoms with Gasteiger partial charge in [-0.3, -0.25) is 9.59 Å². The minimum absolute atomic E-state index is 0.0460. The molecule has 0 N–H and O–H groups in total. The third-order valence-electron chi connectivity index (χ3n) is 6.85. The van der Waals surface area contributed by atoms with Gasteiger partial charge in [-0.05, 0) is 64.4 Å². The number of pyridine rings is 1. The molecule has 4 aromatic rings. The van der Waals surface area contributed by atoms with Crippen LogP contribution >= 0.6 is 11.6 Å². The van der Waals surface area contributed by atoms with E-state index in [-0.39, 0.29) is 34.6 Å². The molecule has 0 radical (unpaired) electrons. The molecule has 0 spiro atoms. The molecule has 1 aromatic carbocycles. The Hall–Kier alpha value is -3.39. The predicted molar refractivity (Wildman–Crippen MR) is 134 cm³/mol. The average Bonchev–Trinajstić information content (AvgIpc) is 3.38. The van der Waals surface area contributed by atoms with Crippen LogP contribution in [0.2, 0.25) is 5.02 Å². The van der Waals surface area contributed by atoms with Crippen LogP contribution in [0.4, 0.5) is 4.39 Å². The van der Waals surface area contributed by atoms with Crippen LogP contribution in [0, 0.1) is 12.7 Å². The quantitative estimate of drug-likeness (QED) is 0.387. The number of hydrogen-bond acceptors (Lipinski definition) is 3. The first-order valence-corrected chi connectivity index (χ1v) is 12.0. The van der Waals surface area contributed by atoms with Gasteiger partial charge in [0.2, 0.25) is 0 Å². The molecule has 1 aliphatic heterocycles. The Morgan fingerprint density at radius 1 is 1.14 bits per heavy atom. The van der Waals surface area contributed by atoms with E-state index < -0.39 is 5.82 Å². The molecular weight excluding hydrogens is 469 g/mol. The minimum Gasteiger partial charge on any atom is -0.345 e. The summed E-state index contributed by atoms with van der Waals surface area (Å²) >= 11 is 6.14. The fourth-order valence-electron chi connectivity index (χ4n) is 5.11. The minimum atomic E-state index is -0.474. The van der Waals surface area contributed by atoms with Crippen molar-refractivity contribution in [3.8, 4) is 5.69 Å². The van der Waals surface area contributed by atoms with Gasteiger partial charge in [-0.15, -0.1) is 0 Å². The van der Waals surface area contributed by atoms with Gasteiger partial charge in [-0.25, -0.2) is 9.37 Å². The summed E-state index contributed by atoms with van der Waals surface area (Å²) in [6, 6.07) is 5.98. The number of carbonyl (C=O) groups excluding carboxylic acids is 1. The highest BCUT2D eigenvalue weighted by Gasteiger charge is 2.36. The first-order valence-electron chi connectivity index (χ1n) is 11.7. The molecule has 7 nitrogen and oxygen atoms in total. The van der Waals surface area contributed by atoms with Gasteiger partial charge in [0.15, 0.2) is 0 Å². The van der Waals surface area contributed by atoms with E-state index in [4.69, 9.17) is 11.6 Å². The molecule has 0 saturated carbocycles. The van der Waals surface area contributed by atoms with Crippen LogP contribution in [0.15, 0.2) is 47.8 Å². The van der Waals surface area contributed by atoms with Gasteiger partial charge >= 0.3 is 0 Å². The van der Waals surface area contributed by atoms with Crippen molar-refractivity contribution >= 4 is 28.4 Å². The monoisotopic (exact) mass is 495 g/mol. The van der Waals surface area contributed by atoms with E-state index >= 15 is 0 Å². The molecule has 0 bridgehead atoms. The summed E-state index contributed by atoms with van der Waals surface area (Å²) in [7, 11) is 0. The second kappa shape index (κ2) is 8.37. The van der Waals surface area contributed by atoms with Gasteiger partial charge in [0.25, 0.3) is 11.5 Å². The molecule has 1 aliphatic rings. The van der Waals surface area contributed by atoms with Crippen LogP contribution in [-0.4, -0.2) is 35.5 Å². The Morgan fingerprint density at radius 2 is 1.89 bits per heavy atom. The standard InChI is InChI=1S/C26H27ClFN5O2/c1-14(2)31-12-19(18-8-20(27)21(28)9-24(18)31)17(5)33-16(4)11-32-23(26(33)35)7-6-22(25(32)34)30-10-15(3)29-13-30/h6-10,12-14,16-17H,11H2,1-5H3. The number of aryl methyl sites for hydroxylation is 1. The highest BCUT2D eigenvalue weighted by Crippen LogP contribution is 2.37. The van der Waals surface area contributed by atoms with Gasteiger partial charge in [0.1, 0.15) is 17.2 Å². The second-order valence-electron chi connectivity index (χ2n) is 9.55. The summed E-state index contributed by atoms with van der Waals surface area (Å²) in [5.41, 5.74) is 2.99. The molecule has 4 heterocycles. The Kier molecular flexibility index (Phi) is 5.59. The molecule has 2 unspecified atom stereocenters. The van der Waals surface area contributed by atoms with Crippen LogP contribution in [0.3, 0.4) is 0 Å². The summed E-state index contributed by atoms with van der Waals surface area (Å²) < 4.78 is 19.5. The summed E-state index contributed by atoms with van der Waals surface area (Å²) in [6.45, 7) is 10.2. The zero-order valence-corrected chi connectivity index (χ0v) is 21.0. The van der Waals surface area contributed by atoms with Crippen molar-refractivity contribution in [2.75, 3.05) is 0 Å². The third kappa shape index (κ3) is 3.67. The highest BCUT2D eigenvalue weighted by atomic mass is 35.5. The molecule has 1 amide bonds. The van der Waals surface area contributed by atoms with Crippen LogP contribution in [0.1, 0.15) is 61.5 Å². The summed E-state index contributed by atoms with van der Waals surface area (Å²) in [5.74, 6) is -0.696. The van der Waals surface area contributed by atoms with Crippen molar-refractivity contribution in [3.63, 3.8) is 0 Å². The molecule has 0 fully saturated rings. The zero-order chi connectivity index (χ0) is 25.2. The van der Waals surface area contributed by atoms with Gasteiger partial charge in [-0.2, -0.15) is 0 Å². The van der Waals surface area contributed by atoms with E-state index in [0.29, 0.717) is 17.9 Å². The van der Waals surface area contributed by atoms with Gasteiger partial charge in [0, 0.05) is 36.4 Å². The SMILES string of the molecule is Cc1cn(-c2ccc3n(c2=O)CC(C)N(C(C)c2cn(C(C)C)c4cc(F)c(Cl)cc24)C3=O)cn1. The van der Waals surface area contributed by atoms with E-state index in [1.54, 1.807) is 44.8 Å². The molecule has 0 aliphatic carbocycles. The third-order valence-corrected chi connectivity index (χ3v) is 7.14. The Bertz CT molecular complexity index is 1530. The lowest BCUT2D eigenvalue weighted by Crippen LogP contribution is -2.50. The van der Waals surface area contributed by atoms with Gasteiger partial charge in [0.05, 0.1) is 28.6 Å². The number of aromatic nitrogens is 4. The van der Waals surface area contributed by atoms with Crippen molar-refractivity contribution in [2.45, 2.75) is 59.3 Å². The molecule has 35 heavy (non-hydrogen) atoms. The van der Waals surface area contributed by atoms with Crippen molar-refractivity contribution in [2.24, 2.45) is 0 Å². The lowest BCUT2D eigenvalue weighted by Gasteiger charge is -2.39.